The smallest absolute Gasteiger partial charge is 0.307 e. The van der Waals surface area contributed by atoms with E-state index in [0.29, 0.717) is 17.9 Å². The Morgan fingerprint density at radius 3 is 2.32 bits per heavy atom. The molecule has 1 aromatic heterocycles. The van der Waals surface area contributed by atoms with E-state index >= 15 is 0 Å². The second-order valence-electron chi connectivity index (χ2n) is 7.66. The Morgan fingerprint density at radius 2 is 1.82 bits per heavy atom. The van der Waals surface area contributed by atoms with Crippen molar-refractivity contribution in [1.82, 2.24) is 9.47 Å². The summed E-state index contributed by atoms with van der Waals surface area (Å²) in [6, 6.07) is 0.412. The third-order valence-corrected chi connectivity index (χ3v) is 7.17. The summed E-state index contributed by atoms with van der Waals surface area (Å²) in [6.45, 7) is 2.10. The van der Waals surface area contributed by atoms with Gasteiger partial charge in [-0.05, 0) is 62.7 Å². The summed E-state index contributed by atoms with van der Waals surface area (Å²) in [5, 5.41) is 1.83. The zero-order valence-electron chi connectivity index (χ0n) is 13.3. The lowest BCUT2D eigenvalue weighted by Crippen LogP contribution is -2.56. The average molecular weight is 320 g/mol. The Morgan fingerprint density at radius 1 is 1.23 bits per heavy atom. The van der Waals surface area contributed by atoms with E-state index in [2.05, 4.69) is 0 Å². The van der Waals surface area contributed by atoms with Crippen LogP contribution in [0.2, 0.25) is 0 Å². The number of rotatable bonds is 3. The minimum absolute atomic E-state index is 0.0238. The number of hydrogen-bond donors (Lipinski definition) is 0. The van der Waals surface area contributed by atoms with E-state index in [1.165, 1.54) is 43.4 Å². The molecule has 0 spiro atoms. The molecule has 1 aromatic rings. The van der Waals surface area contributed by atoms with E-state index in [4.69, 9.17) is 0 Å². The van der Waals surface area contributed by atoms with Crippen LogP contribution in [0.3, 0.4) is 0 Å². The first-order valence-corrected chi connectivity index (χ1v) is 9.31. The van der Waals surface area contributed by atoms with Gasteiger partial charge in [0.05, 0.1) is 0 Å². The van der Waals surface area contributed by atoms with Crippen LogP contribution in [0.15, 0.2) is 10.2 Å². The molecule has 0 N–H and O–H groups in total. The summed E-state index contributed by atoms with van der Waals surface area (Å²) in [5.41, 5.74) is 0.891. The van der Waals surface area contributed by atoms with Crippen molar-refractivity contribution in [2.24, 2.45) is 23.7 Å². The van der Waals surface area contributed by atoms with Gasteiger partial charge < -0.3 is 4.90 Å². The third kappa shape index (κ3) is 2.25. The van der Waals surface area contributed by atoms with Crippen LogP contribution in [0, 0.1) is 30.6 Å². The average Bonchev–Trinajstić information content (AvgIpc) is 2.77. The quantitative estimate of drug-likeness (QED) is 0.859. The summed E-state index contributed by atoms with van der Waals surface area (Å²) in [5.74, 6) is 3.34. The molecule has 1 amide bonds. The van der Waals surface area contributed by atoms with E-state index in [0.717, 1.165) is 17.5 Å². The van der Waals surface area contributed by atoms with Crippen molar-refractivity contribution >= 4 is 17.2 Å². The highest BCUT2D eigenvalue weighted by Gasteiger charge is 2.50. The zero-order chi connectivity index (χ0) is 15.4. The molecule has 4 fully saturated rings. The molecule has 4 nitrogen and oxygen atoms in total. The summed E-state index contributed by atoms with van der Waals surface area (Å²) in [6.07, 6.45) is 6.68. The molecule has 4 aliphatic carbocycles. The predicted octanol–water partition coefficient (Wildman–Crippen LogP) is 2.50. The monoisotopic (exact) mass is 320 g/mol. The molecule has 0 atom stereocenters. The number of aryl methyl sites for hydroxylation is 1. The maximum absolute atomic E-state index is 12.7. The molecule has 4 saturated carbocycles. The van der Waals surface area contributed by atoms with Crippen LogP contribution in [0.5, 0.6) is 0 Å². The van der Waals surface area contributed by atoms with Gasteiger partial charge in [0.2, 0.25) is 5.91 Å². The normalized spacial score (nSPS) is 35.8. The van der Waals surface area contributed by atoms with E-state index in [-0.39, 0.29) is 17.3 Å². The van der Waals surface area contributed by atoms with Crippen LogP contribution < -0.4 is 4.87 Å². The van der Waals surface area contributed by atoms with Crippen LogP contribution in [-0.2, 0) is 11.3 Å². The number of thiazole rings is 1. The lowest BCUT2D eigenvalue weighted by molar-refractivity contribution is -0.141. The second kappa shape index (κ2) is 5.22. The van der Waals surface area contributed by atoms with Crippen molar-refractivity contribution in [2.45, 2.75) is 51.6 Å². The SMILES string of the molecule is Cc1csc(=O)n1CC(=O)N(C)C1C2CC3CC(C2)CC1C3. The topological polar surface area (TPSA) is 42.3 Å². The number of carbonyl (C=O) groups excluding carboxylic acids is 1. The number of likely N-dealkylation sites (N-methyl/N-ethyl adjacent to an activating group) is 1. The minimum Gasteiger partial charge on any atom is -0.341 e. The standard InChI is InChI=1S/C17H24N2O2S/c1-10-9-22-17(21)19(10)8-15(20)18(2)16-13-4-11-3-12(6-13)7-14(16)5-11/h9,11-14,16H,3-8H2,1-2H3. The number of nitrogens with zero attached hydrogens (tertiary/aromatic N) is 2. The summed E-state index contributed by atoms with van der Waals surface area (Å²) in [4.78, 5) is 26.5. The lowest BCUT2D eigenvalue weighted by atomic mass is 9.54. The third-order valence-electron chi connectivity index (χ3n) is 6.29. The molecule has 4 aliphatic rings. The van der Waals surface area contributed by atoms with Crippen LogP contribution in [0.4, 0.5) is 0 Å². The molecule has 0 unspecified atom stereocenters. The first-order chi connectivity index (χ1) is 10.5. The van der Waals surface area contributed by atoms with Crippen molar-refractivity contribution in [1.29, 1.82) is 0 Å². The lowest BCUT2D eigenvalue weighted by Gasteiger charge is -2.56. The molecule has 0 aromatic carbocycles. The number of carbonyl (C=O) groups is 1. The van der Waals surface area contributed by atoms with E-state index in [1.807, 2.05) is 24.3 Å². The molecule has 0 radical (unpaired) electrons. The van der Waals surface area contributed by atoms with Crippen molar-refractivity contribution < 1.29 is 4.79 Å². The van der Waals surface area contributed by atoms with Gasteiger partial charge in [-0.25, -0.2) is 0 Å². The molecule has 0 saturated heterocycles. The van der Waals surface area contributed by atoms with Gasteiger partial charge in [-0.1, -0.05) is 11.3 Å². The fraction of sp³-hybridized carbons (Fsp3) is 0.765. The van der Waals surface area contributed by atoms with Crippen LogP contribution in [0.25, 0.3) is 0 Å². The van der Waals surface area contributed by atoms with Gasteiger partial charge in [-0.2, -0.15) is 0 Å². The van der Waals surface area contributed by atoms with E-state index in [9.17, 15) is 9.59 Å². The predicted molar refractivity (Wildman–Crippen MR) is 86.9 cm³/mol. The highest BCUT2D eigenvalue weighted by molar-refractivity contribution is 7.07. The van der Waals surface area contributed by atoms with Crippen molar-refractivity contribution in [2.75, 3.05) is 7.05 Å². The molecule has 0 aliphatic heterocycles. The largest absolute Gasteiger partial charge is 0.341 e. The molecule has 120 valence electrons. The Hall–Kier alpha value is -1.10. The molecule has 5 rings (SSSR count). The van der Waals surface area contributed by atoms with Crippen LogP contribution in [-0.4, -0.2) is 28.5 Å². The Kier molecular flexibility index (Phi) is 3.44. The molecule has 1 heterocycles. The summed E-state index contributed by atoms with van der Waals surface area (Å²) >= 11 is 1.18. The molecular weight excluding hydrogens is 296 g/mol. The van der Waals surface area contributed by atoms with E-state index < -0.39 is 0 Å². The molecule has 22 heavy (non-hydrogen) atoms. The van der Waals surface area contributed by atoms with Gasteiger partial charge in [-0.3, -0.25) is 14.2 Å². The second-order valence-corrected chi connectivity index (χ2v) is 8.48. The highest BCUT2D eigenvalue weighted by Crippen LogP contribution is 2.54. The number of hydrogen-bond acceptors (Lipinski definition) is 3. The minimum atomic E-state index is -0.0238. The van der Waals surface area contributed by atoms with Crippen molar-refractivity contribution in [3.63, 3.8) is 0 Å². The Labute approximate surface area is 135 Å². The van der Waals surface area contributed by atoms with Crippen LogP contribution >= 0.6 is 11.3 Å². The van der Waals surface area contributed by atoms with Gasteiger partial charge >= 0.3 is 4.87 Å². The van der Waals surface area contributed by atoms with Crippen molar-refractivity contribution in [3.8, 4) is 0 Å². The maximum Gasteiger partial charge on any atom is 0.307 e. The van der Waals surface area contributed by atoms with Gasteiger partial charge in [-0.15, -0.1) is 0 Å². The number of aromatic nitrogens is 1. The summed E-state index contributed by atoms with van der Waals surface area (Å²) < 4.78 is 1.61. The van der Waals surface area contributed by atoms with Gasteiger partial charge in [0.1, 0.15) is 6.54 Å². The first-order valence-electron chi connectivity index (χ1n) is 8.43. The fourth-order valence-corrected chi connectivity index (χ4v) is 6.27. The van der Waals surface area contributed by atoms with Gasteiger partial charge in [0.25, 0.3) is 0 Å². The van der Waals surface area contributed by atoms with Gasteiger partial charge in [0.15, 0.2) is 0 Å². The Bertz CT molecular complexity index is 619. The van der Waals surface area contributed by atoms with E-state index in [1.54, 1.807) is 4.57 Å². The summed E-state index contributed by atoms with van der Waals surface area (Å²) in [7, 11) is 1.96. The molecule has 4 bridgehead atoms. The van der Waals surface area contributed by atoms with Crippen LogP contribution in [0.1, 0.15) is 37.8 Å². The van der Waals surface area contributed by atoms with Gasteiger partial charge in [0, 0.05) is 24.2 Å². The molecular formula is C17H24N2O2S. The fourth-order valence-electron chi connectivity index (χ4n) is 5.54. The molecule has 5 heteroatoms. The highest BCUT2D eigenvalue weighted by atomic mass is 32.1. The van der Waals surface area contributed by atoms with Crippen molar-refractivity contribution in [3.05, 3.63) is 20.7 Å². The zero-order valence-corrected chi connectivity index (χ0v) is 14.1. The number of amides is 1. The maximum atomic E-state index is 12.7. The first kappa shape index (κ1) is 14.5. The Balaban J connectivity index is 1.51.